The number of hydrogen-bond acceptors (Lipinski definition) is 3. The molecule has 1 saturated carbocycles. The number of hydrogen-bond donors (Lipinski definition) is 2. The number of nitrogens with one attached hydrogen (secondary N) is 1. The fourth-order valence-electron chi connectivity index (χ4n) is 2.44. The molecule has 2 atom stereocenters. The van der Waals surface area contributed by atoms with Gasteiger partial charge in [-0.15, -0.1) is 0 Å². The second kappa shape index (κ2) is 5.35. The summed E-state index contributed by atoms with van der Waals surface area (Å²) in [5.74, 6) is -1.24. The van der Waals surface area contributed by atoms with Crippen molar-refractivity contribution in [3.63, 3.8) is 0 Å². The van der Waals surface area contributed by atoms with E-state index in [-0.39, 0.29) is 12.1 Å². The van der Waals surface area contributed by atoms with E-state index < -0.39 is 11.9 Å². The van der Waals surface area contributed by atoms with Crippen molar-refractivity contribution in [3.05, 3.63) is 0 Å². The number of ether oxygens (including phenoxy) is 1. The zero-order valence-electron chi connectivity index (χ0n) is 9.72. The van der Waals surface area contributed by atoms with Gasteiger partial charge in [0.25, 0.3) is 0 Å². The number of carboxylic acids is 1. The summed E-state index contributed by atoms with van der Waals surface area (Å²) >= 11 is 0. The molecule has 0 radical (unpaired) electrons. The van der Waals surface area contributed by atoms with E-state index in [2.05, 4.69) is 5.32 Å². The Morgan fingerprint density at radius 1 is 1.24 bits per heavy atom. The molecule has 2 rings (SSSR count). The Morgan fingerprint density at radius 3 is 2.59 bits per heavy atom. The molecule has 17 heavy (non-hydrogen) atoms. The molecule has 0 spiro atoms. The van der Waals surface area contributed by atoms with Gasteiger partial charge >= 0.3 is 12.0 Å². The van der Waals surface area contributed by atoms with E-state index in [9.17, 15) is 9.59 Å². The predicted octanol–water partition coefficient (Wildman–Crippen LogP) is 0.282. The largest absolute Gasteiger partial charge is 0.481 e. The minimum Gasteiger partial charge on any atom is -0.481 e. The second-order valence-electron chi connectivity index (χ2n) is 4.53. The van der Waals surface area contributed by atoms with E-state index in [4.69, 9.17) is 9.84 Å². The highest BCUT2D eigenvalue weighted by Crippen LogP contribution is 2.25. The monoisotopic (exact) mass is 242 g/mol. The molecule has 6 nitrogen and oxygen atoms in total. The molecule has 6 heteroatoms. The number of amides is 2. The number of carboxylic acid groups (broad SMARTS) is 1. The molecule has 96 valence electrons. The van der Waals surface area contributed by atoms with Crippen molar-refractivity contribution in [3.8, 4) is 0 Å². The standard InChI is InChI=1S/C11H18N2O4/c14-10(15)8-2-1-3-9(8)12-11(16)13-4-6-17-7-5-13/h8-9H,1-7H2,(H,12,16)(H,14,15). The zero-order valence-corrected chi connectivity index (χ0v) is 9.72. The summed E-state index contributed by atoms with van der Waals surface area (Å²) < 4.78 is 5.16. The summed E-state index contributed by atoms with van der Waals surface area (Å²) in [5.41, 5.74) is 0. The van der Waals surface area contributed by atoms with Gasteiger partial charge in [0.15, 0.2) is 0 Å². The maximum Gasteiger partial charge on any atom is 0.317 e. The van der Waals surface area contributed by atoms with Gasteiger partial charge in [0.1, 0.15) is 0 Å². The highest BCUT2D eigenvalue weighted by Gasteiger charge is 2.34. The van der Waals surface area contributed by atoms with E-state index >= 15 is 0 Å². The van der Waals surface area contributed by atoms with Crippen LogP contribution in [0.3, 0.4) is 0 Å². The molecule has 2 aliphatic rings. The number of carbonyl (C=O) groups excluding carboxylic acids is 1. The van der Waals surface area contributed by atoms with E-state index in [0.29, 0.717) is 32.7 Å². The van der Waals surface area contributed by atoms with Crippen LogP contribution in [-0.2, 0) is 9.53 Å². The number of urea groups is 1. The molecule has 2 fully saturated rings. The minimum absolute atomic E-state index is 0.161. The van der Waals surface area contributed by atoms with E-state index in [0.717, 1.165) is 12.8 Å². The first kappa shape index (κ1) is 12.2. The number of carbonyl (C=O) groups is 2. The first-order valence-corrected chi connectivity index (χ1v) is 6.04. The van der Waals surface area contributed by atoms with Crippen LogP contribution >= 0.6 is 0 Å². The number of rotatable bonds is 2. The SMILES string of the molecule is O=C(O)C1CCCC1NC(=O)N1CCOCC1. The van der Waals surface area contributed by atoms with Crippen molar-refractivity contribution in [2.24, 2.45) is 5.92 Å². The zero-order chi connectivity index (χ0) is 12.3. The van der Waals surface area contributed by atoms with Crippen LogP contribution in [0.5, 0.6) is 0 Å². The summed E-state index contributed by atoms with van der Waals surface area (Å²) in [4.78, 5) is 24.6. The minimum atomic E-state index is -0.810. The fourth-order valence-corrected chi connectivity index (χ4v) is 2.44. The van der Waals surface area contributed by atoms with Crippen molar-refractivity contribution in [2.75, 3.05) is 26.3 Å². The van der Waals surface area contributed by atoms with Crippen LogP contribution in [0.25, 0.3) is 0 Å². The summed E-state index contributed by atoms with van der Waals surface area (Å²) in [7, 11) is 0. The van der Waals surface area contributed by atoms with E-state index in [1.807, 2.05) is 0 Å². The van der Waals surface area contributed by atoms with Crippen LogP contribution in [0.2, 0.25) is 0 Å². The van der Waals surface area contributed by atoms with Gasteiger partial charge in [0.2, 0.25) is 0 Å². The van der Waals surface area contributed by atoms with Gasteiger partial charge in [-0.3, -0.25) is 4.79 Å². The highest BCUT2D eigenvalue weighted by molar-refractivity contribution is 5.77. The number of aliphatic carboxylic acids is 1. The topological polar surface area (TPSA) is 78.9 Å². The van der Waals surface area contributed by atoms with Crippen LogP contribution < -0.4 is 5.32 Å². The molecule has 1 aliphatic carbocycles. The molecule has 0 bridgehead atoms. The van der Waals surface area contributed by atoms with Crippen molar-refractivity contribution >= 4 is 12.0 Å². The average molecular weight is 242 g/mol. The van der Waals surface area contributed by atoms with Crippen molar-refractivity contribution in [1.29, 1.82) is 0 Å². The first-order valence-electron chi connectivity index (χ1n) is 6.04. The molecule has 0 aromatic rings. The number of nitrogens with zero attached hydrogens (tertiary/aromatic N) is 1. The van der Waals surface area contributed by atoms with Gasteiger partial charge in [-0.25, -0.2) is 4.79 Å². The fraction of sp³-hybridized carbons (Fsp3) is 0.818. The van der Waals surface area contributed by atoms with Gasteiger partial charge in [-0.2, -0.15) is 0 Å². The van der Waals surface area contributed by atoms with E-state index in [1.54, 1.807) is 4.90 Å². The Morgan fingerprint density at radius 2 is 1.94 bits per heavy atom. The molecule has 2 unspecified atom stereocenters. The third-order valence-electron chi connectivity index (χ3n) is 3.44. The molecule has 2 amide bonds. The Bertz CT molecular complexity index is 302. The van der Waals surface area contributed by atoms with Crippen LogP contribution in [0, 0.1) is 5.92 Å². The van der Waals surface area contributed by atoms with Gasteiger partial charge in [-0.1, -0.05) is 6.42 Å². The summed E-state index contributed by atoms with van der Waals surface area (Å²) in [6.45, 7) is 2.27. The average Bonchev–Trinajstić information content (AvgIpc) is 2.78. The van der Waals surface area contributed by atoms with Crippen LogP contribution in [-0.4, -0.2) is 54.4 Å². The smallest absolute Gasteiger partial charge is 0.317 e. The van der Waals surface area contributed by atoms with Gasteiger partial charge in [-0.05, 0) is 12.8 Å². The predicted molar refractivity (Wildman–Crippen MR) is 59.7 cm³/mol. The third kappa shape index (κ3) is 2.88. The first-order chi connectivity index (χ1) is 8.18. The Kier molecular flexibility index (Phi) is 3.83. The maximum atomic E-state index is 11.9. The third-order valence-corrected chi connectivity index (χ3v) is 3.44. The quantitative estimate of drug-likeness (QED) is 0.729. The molecular formula is C11H18N2O4. The second-order valence-corrected chi connectivity index (χ2v) is 4.53. The molecule has 1 aliphatic heterocycles. The highest BCUT2D eigenvalue weighted by atomic mass is 16.5. The molecule has 1 saturated heterocycles. The molecule has 0 aromatic heterocycles. The lowest BCUT2D eigenvalue weighted by atomic mass is 10.0. The van der Waals surface area contributed by atoms with E-state index in [1.165, 1.54) is 0 Å². The van der Waals surface area contributed by atoms with Crippen LogP contribution in [0.15, 0.2) is 0 Å². The summed E-state index contributed by atoms with van der Waals surface area (Å²) in [5, 5.41) is 11.9. The van der Waals surface area contributed by atoms with Gasteiger partial charge in [0, 0.05) is 19.1 Å². The Balaban J connectivity index is 1.86. The van der Waals surface area contributed by atoms with Gasteiger partial charge in [0.05, 0.1) is 19.1 Å². The maximum absolute atomic E-state index is 11.9. The Labute approximate surface area is 99.9 Å². The van der Waals surface area contributed by atoms with Crippen molar-refractivity contribution in [1.82, 2.24) is 10.2 Å². The molecule has 1 heterocycles. The summed E-state index contributed by atoms with van der Waals surface area (Å²) in [6, 6.07) is -0.380. The van der Waals surface area contributed by atoms with Crippen LogP contribution in [0.1, 0.15) is 19.3 Å². The normalized spacial score (nSPS) is 29.1. The van der Waals surface area contributed by atoms with Crippen molar-refractivity contribution < 1.29 is 19.4 Å². The molecule has 0 aromatic carbocycles. The lowest BCUT2D eigenvalue weighted by Gasteiger charge is -2.29. The summed E-state index contributed by atoms with van der Waals surface area (Å²) in [6.07, 6.45) is 2.28. The lowest BCUT2D eigenvalue weighted by Crippen LogP contribution is -2.50. The lowest BCUT2D eigenvalue weighted by molar-refractivity contribution is -0.142. The van der Waals surface area contributed by atoms with Gasteiger partial charge < -0.3 is 20.1 Å². The Hall–Kier alpha value is -1.30. The van der Waals surface area contributed by atoms with Crippen LogP contribution in [0.4, 0.5) is 4.79 Å². The van der Waals surface area contributed by atoms with Crippen molar-refractivity contribution in [2.45, 2.75) is 25.3 Å². The molecule has 2 N–H and O–H groups in total. The number of morpholine rings is 1. The molecular weight excluding hydrogens is 224 g/mol.